The smallest absolute Gasteiger partial charge is 0.257 e. The molecule has 2 nitrogen and oxygen atoms in total. The highest BCUT2D eigenvalue weighted by atomic mass is 35.5. The first-order valence-electron chi connectivity index (χ1n) is 3.61. The summed E-state index contributed by atoms with van der Waals surface area (Å²) in [5.74, 6) is 0. The molecule has 0 amide bonds. The summed E-state index contributed by atoms with van der Waals surface area (Å²) < 4.78 is 24.4. The Morgan fingerprint density at radius 1 is 1.31 bits per heavy atom. The molecule has 1 rings (SSSR count). The van der Waals surface area contributed by atoms with Crippen LogP contribution in [0.3, 0.4) is 0 Å². The molecule has 0 aliphatic carbocycles. The minimum atomic E-state index is -2.64. The summed E-state index contributed by atoms with van der Waals surface area (Å²) in [5, 5.41) is 0.348. The van der Waals surface area contributed by atoms with Crippen LogP contribution in [0.25, 0.3) is 0 Å². The predicted molar refractivity (Wildman–Crippen MR) is 48.8 cm³/mol. The summed E-state index contributed by atoms with van der Waals surface area (Å²) in [4.78, 5) is 0. The maximum absolute atomic E-state index is 12.2. The molecule has 0 saturated carbocycles. The molecule has 72 valence electrons. The van der Waals surface area contributed by atoms with Crippen molar-refractivity contribution in [1.82, 2.24) is 0 Å². The Morgan fingerprint density at radius 3 is 2.46 bits per heavy atom. The van der Waals surface area contributed by atoms with E-state index in [4.69, 9.17) is 23.1 Å². The second-order valence-electron chi connectivity index (χ2n) is 2.63. The first kappa shape index (κ1) is 10.2. The standard InChI is InChI=1S/C8H9ClF2N2/c9-4-1-2-6(12)5(3-4)7(13)8(10)11/h1-3,7-8H,12-13H2. The van der Waals surface area contributed by atoms with Crippen molar-refractivity contribution in [1.29, 1.82) is 0 Å². The topological polar surface area (TPSA) is 52.0 Å². The number of hydrogen-bond acceptors (Lipinski definition) is 2. The summed E-state index contributed by atoms with van der Waals surface area (Å²) in [6.45, 7) is 0. The van der Waals surface area contributed by atoms with Crippen molar-refractivity contribution in [2.45, 2.75) is 12.5 Å². The molecule has 1 aromatic rings. The molecule has 0 aliphatic heterocycles. The van der Waals surface area contributed by atoms with Crippen molar-refractivity contribution < 1.29 is 8.78 Å². The van der Waals surface area contributed by atoms with Gasteiger partial charge in [0, 0.05) is 10.7 Å². The molecule has 0 saturated heterocycles. The number of anilines is 1. The second-order valence-corrected chi connectivity index (χ2v) is 3.07. The van der Waals surface area contributed by atoms with E-state index in [0.29, 0.717) is 5.02 Å². The molecule has 1 atom stereocenters. The van der Waals surface area contributed by atoms with Gasteiger partial charge in [0.1, 0.15) is 0 Å². The van der Waals surface area contributed by atoms with Gasteiger partial charge in [0.15, 0.2) is 0 Å². The third-order valence-corrected chi connectivity index (χ3v) is 1.91. The van der Waals surface area contributed by atoms with E-state index in [1.807, 2.05) is 0 Å². The van der Waals surface area contributed by atoms with Crippen LogP contribution in [-0.4, -0.2) is 6.43 Å². The summed E-state index contributed by atoms with van der Waals surface area (Å²) in [6, 6.07) is 2.96. The zero-order valence-electron chi connectivity index (χ0n) is 6.68. The molecule has 0 aromatic heterocycles. The van der Waals surface area contributed by atoms with Crippen molar-refractivity contribution in [3.8, 4) is 0 Å². The van der Waals surface area contributed by atoms with Crippen LogP contribution in [0.5, 0.6) is 0 Å². The highest BCUT2D eigenvalue weighted by Crippen LogP contribution is 2.26. The van der Waals surface area contributed by atoms with Gasteiger partial charge in [-0.05, 0) is 23.8 Å². The molecule has 0 aliphatic rings. The Labute approximate surface area is 79.5 Å². The number of benzene rings is 1. The molecule has 4 N–H and O–H groups in total. The normalized spacial score (nSPS) is 13.3. The quantitative estimate of drug-likeness (QED) is 0.729. The molecule has 5 heteroatoms. The number of nitrogen functional groups attached to an aromatic ring is 1. The van der Waals surface area contributed by atoms with Gasteiger partial charge in [-0.25, -0.2) is 8.78 Å². The number of halogens is 3. The Morgan fingerprint density at radius 2 is 1.92 bits per heavy atom. The fraction of sp³-hybridized carbons (Fsp3) is 0.250. The number of nitrogens with two attached hydrogens (primary N) is 2. The summed E-state index contributed by atoms with van der Waals surface area (Å²) >= 11 is 5.61. The average Bonchev–Trinajstić information content (AvgIpc) is 2.08. The number of hydrogen-bond donors (Lipinski definition) is 2. The maximum atomic E-state index is 12.2. The van der Waals surface area contributed by atoms with Crippen LogP contribution < -0.4 is 11.5 Å². The van der Waals surface area contributed by atoms with E-state index in [2.05, 4.69) is 0 Å². The average molecular weight is 207 g/mol. The molecule has 1 unspecified atom stereocenters. The van der Waals surface area contributed by atoms with Crippen LogP contribution in [0, 0.1) is 0 Å². The Balaban J connectivity index is 3.05. The number of rotatable bonds is 2. The monoisotopic (exact) mass is 206 g/mol. The van der Waals surface area contributed by atoms with E-state index >= 15 is 0 Å². The third-order valence-electron chi connectivity index (χ3n) is 1.68. The minimum absolute atomic E-state index is 0.183. The second kappa shape index (κ2) is 3.89. The first-order chi connectivity index (χ1) is 6.02. The molecule has 13 heavy (non-hydrogen) atoms. The summed E-state index contributed by atoms with van der Waals surface area (Å²) in [6.07, 6.45) is -2.64. The van der Waals surface area contributed by atoms with E-state index in [9.17, 15) is 8.78 Å². The van der Waals surface area contributed by atoms with E-state index in [1.165, 1.54) is 18.2 Å². The van der Waals surface area contributed by atoms with Crippen LogP contribution in [0.4, 0.5) is 14.5 Å². The molecule has 0 spiro atoms. The fourth-order valence-corrected chi connectivity index (χ4v) is 1.15. The predicted octanol–water partition coefficient (Wildman–Crippen LogP) is 2.19. The van der Waals surface area contributed by atoms with Crippen LogP contribution in [0.2, 0.25) is 5.02 Å². The lowest BCUT2D eigenvalue weighted by atomic mass is 10.1. The fourth-order valence-electron chi connectivity index (χ4n) is 0.970. The van der Waals surface area contributed by atoms with Crippen molar-refractivity contribution in [2.24, 2.45) is 5.73 Å². The van der Waals surface area contributed by atoms with Gasteiger partial charge in [-0.2, -0.15) is 0 Å². The van der Waals surface area contributed by atoms with Gasteiger partial charge < -0.3 is 11.5 Å². The molecular formula is C8H9ClF2N2. The van der Waals surface area contributed by atoms with Crippen LogP contribution in [-0.2, 0) is 0 Å². The van der Waals surface area contributed by atoms with Crippen molar-refractivity contribution in [2.75, 3.05) is 5.73 Å². The van der Waals surface area contributed by atoms with Crippen LogP contribution in [0.15, 0.2) is 18.2 Å². The Hall–Kier alpha value is -0.870. The molecule has 0 heterocycles. The van der Waals surface area contributed by atoms with E-state index in [-0.39, 0.29) is 11.3 Å². The molecule has 0 bridgehead atoms. The van der Waals surface area contributed by atoms with Gasteiger partial charge in [-0.3, -0.25) is 0 Å². The SMILES string of the molecule is Nc1ccc(Cl)cc1C(N)C(F)F. The van der Waals surface area contributed by atoms with Crippen LogP contribution >= 0.6 is 11.6 Å². The summed E-state index contributed by atoms with van der Waals surface area (Å²) in [5.41, 5.74) is 11.1. The molecular weight excluding hydrogens is 198 g/mol. The molecule has 0 fully saturated rings. The molecule has 1 aromatic carbocycles. The van der Waals surface area contributed by atoms with Gasteiger partial charge in [0.2, 0.25) is 0 Å². The van der Waals surface area contributed by atoms with Gasteiger partial charge in [-0.1, -0.05) is 11.6 Å². The van der Waals surface area contributed by atoms with E-state index in [1.54, 1.807) is 0 Å². The highest BCUT2D eigenvalue weighted by molar-refractivity contribution is 6.30. The van der Waals surface area contributed by atoms with Crippen molar-refractivity contribution in [3.63, 3.8) is 0 Å². The van der Waals surface area contributed by atoms with E-state index in [0.717, 1.165) is 0 Å². The molecule has 0 radical (unpaired) electrons. The largest absolute Gasteiger partial charge is 0.398 e. The van der Waals surface area contributed by atoms with Gasteiger partial charge in [0.25, 0.3) is 6.43 Å². The van der Waals surface area contributed by atoms with Gasteiger partial charge >= 0.3 is 0 Å². The lowest BCUT2D eigenvalue weighted by Gasteiger charge is -2.13. The Bertz CT molecular complexity index is 304. The number of alkyl halides is 2. The zero-order valence-corrected chi connectivity index (χ0v) is 7.43. The zero-order chi connectivity index (χ0) is 10.0. The first-order valence-corrected chi connectivity index (χ1v) is 3.99. The van der Waals surface area contributed by atoms with Crippen LogP contribution in [0.1, 0.15) is 11.6 Å². The maximum Gasteiger partial charge on any atom is 0.257 e. The van der Waals surface area contributed by atoms with Gasteiger partial charge in [0.05, 0.1) is 6.04 Å². The van der Waals surface area contributed by atoms with Crippen molar-refractivity contribution in [3.05, 3.63) is 28.8 Å². The lowest BCUT2D eigenvalue weighted by molar-refractivity contribution is 0.116. The van der Waals surface area contributed by atoms with E-state index < -0.39 is 12.5 Å². The lowest BCUT2D eigenvalue weighted by Crippen LogP contribution is -2.20. The van der Waals surface area contributed by atoms with Gasteiger partial charge in [-0.15, -0.1) is 0 Å². The summed E-state index contributed by atoms with van der Waals surface area (Å²) in [7, 11) is 0. The highest BCUT2D eigenvalue weighted by Gasteiger charge is 2.19. The van der Waals surface area contributed by atoms with Crippen molar-refractivity contribution >= 4 is 17.3 Å². The minimum Gasteiger partial charge on any atom is -0.398 e. The third kappa shape index (κ3) is 2.29. The Kier molecular flexibility index (Phi) is 3.06.